The first-order valence-corrected chi connectivity index (χ1v) is 5.94. The summed E-state index contributed by atoms with van der Waals surface area (Å²) in [5.41, 5.74) is 0. The Balaban J connectivity index is 2.01. The van der Waals surface area contributed by atoms with Crippen molar-refractivity contribution in [2.45, 2.75) is 26.7 Å². The summed E-state index contributed by atoms with van der Waals surface area (Å²) in [6, 6.07) is 0. The summed E-state index contributed by atoms with van der Waals surface area (Å²) in [5.74, 6) is 2.16. The van der Waals surface area contributed by atoms with Gasteiger partial charge in [-0.05, 0) is 18.8 Å². The Labute approximate surface area is 96.3 Å². The molecule has 0 spiro atoms. The van der Waals surface area contributed by atoms with E-state index in [9.17, 15) is 0 Å². The van der Waals surface area contributed by atoms with Crippen LogP contribution in [-0.2, 0) is 0 Å². The fourth-order valence-electron chi connectivity index (χ4n) is 1.76. The van der Waals surface area contributed by atoms with E-state index in [-0.39, 0.29) is 0 Å². The average Bonchev–Trinajstić information content (AvgIpc) is 2.80. The van der Waals surface area contributed by atoms with Gasteiger partial charge in [-0.15, -0.1) is 5.10 Å². The summed E-state index contributed by atoms with van der Waals surface area (Å²) >= 11 is 0. The molecule has 2 rings (SSSR count). The summed E-state index contributed by atoms with van der Waals surface area (Å²) < 4.78 is 0. The van der Waals surface area contributed by atoms with Crippen LogP contribution in [-0.4, -0.2) is 34.8 Å². The van der Waals surface area contributed by atoms with E-state index in [1.54, 1.807) is 6.20 Å². The summed E-state index contributed by atoms with van der Waals surface area (Å²) in [5, 5.41) is 11.2. The zero-order chi connectivity index (χ0) is 11.4. The molecule has 0 aromatic carbocycles. The van der Waals surface area contributed by atoms with Crippen molar-refractivity contribution >= 4 is 11.8 Å². The largest absolute Gasteiger partial charge is 0.355 e. The van der Waals surface area contributed by atoms with Crippen LogP contribution in [0.3, 0.4) is 0 Å². The highest BCUT2D eigenvalue weighted by Gasteiger charge is 2.14. The number of rotatable bonds is 4. The van der Waals surface area contributed by atoms with Crippen LogP contribution in [0.15, 0.2) is 6.20 Å². The second-order valence-electron chi connectivity index (χ2n) is 4.61. The first kappa shape index (κ1) is 11.1. The molecule has 16 heavy (non-hydrogen) atoms. The average molecular weight is 221 g/mol. The summed E-state index contributed by atoms with van der Waals surface area (Å²) in [7, 11) is 0. The van der Waals surface area contributed by atoms with Gasteiger partial charge < -0.3 is 10.2 Å². The molecule has 0 saturated carbocycles. The minimum Gasteiger partial charge on any atom is -0.355 e. The molecule has 0 bridgehead atoms. The molecular weight excluding hydrogens is 202 g/mol. The molecule has 0 atom stereocenters. The van der Waals surface area contributed by atoms with Crippen LogP contribution >= 0.6 is 0 Å². The predicted octanol–water partition coefficient (Wildman–Crippen LogP) is 1.54. The molecule has 0 aliphatic carbocycles. The van der Waals surface area contributed by atoms with Crippen molar-refractivity contribution in [2.24, 2.45) is 5.92 Å². The van der Waals surface area contributed by atoms with Crippen molar-refractivity contribution < 1.29 is 0 Å². The van der Waals surface area contributed by atoms with E-state index in [1.807, 2.05) is 0 Å². The molecule has 2 heterocycles. The molecule has 0 amide bonds. The Morgan fingerprint density at radius 3 is 2.81 bits per heavy atom. The van der Waals surface area contributed by atoms with Gasteiger partial charge in [-0.25, -0.2) is 0 Å². The van der Waals surface area contributed by atoms with E-state index in [4.69, 9.17) is 0 Å². The fourth-order valence-corrected chi connectivity index (χ4v) is 1.76. The zero-order valence-electron chi connectivity index (χ0n) is 9.98. The van der Waals surface area contributed by atoms with Crippen molar-refractivity contribution in [3.05, 3.63) is 6.20 Å². The highest BCUT2D eigenvalue weighted by Crippen LogP contribution is 2.17. The van der Waals surface area contributed by atoms with E-state index in [0.29, 0.717) is 11.9 Å². The van der Waals surface area contributed by atoms with E-state index in [0.717, 1.165) is 25.5 Å². The zero-order valence-corrected chi connectivity index (χ0v) is 9.98. The van der Waals surface area contributed by atoms with Crippen molar-refractivity contribution in [2.75, 3.05) is 29.9 Å². The van der Waals surface area contributed by atoms with Crippen LogP contribution < -0.4 is 10.2 Å². The van der Waals surface area contributed by atoms with Gasteiger partial charge >= 0.3 is 0 Å². The van der Waals surface area contributed by atoms with Gasteiger partial charge in [0.15, 0.2) is 5.82 Å². The third kappa shape index (κ3) is 2.81. The topological polar surface area (TPSA) is 53.9 Å². The van der Waals surface area contributed by atoms with E-state index in [1.165, 1.54) is 12.8 Å². The first-order valence-electron chi connectivity index (χ1n) is 5.94. The molecule has 1 aromatic rings. The van der Waals surface area contributed by atoms with E-state index in [2.05, 4.69) is 39.2 Å². The lowest BCUT2D eigenvalue weighted by molar-refractivity contribution is 0.682. The maximum absolute atomic E-state index is 4.47. The van der Waals surface area contributed by atoms with Crippen LogP contribution in [0.2, 0.25) is 0 Å². The molecular formula is C11H19N5. The molecule has 1 fully saturated rings. The van der Waals surface area contributed by atoms with Crippen molar-refractivity contribution in [3.63, 3.8) is 0 Å². The van der Waals surface area contributed by atoms with Crippen LogP contribution in [0.4, 0.5) is 11.8 Å². The second-order valence-corrected chi connectivity index (χ2v) is 4.61. The first-order chi connectivity index (χ1) is 7.75. The quantitative estimate of drug-likeness (QED) is 0.835. The lowest BCUT2D eigenvalue weighted by Crippen LogP contribution is -2.20. The van der Waals surface area contributed by atoms with Gasteiger partial charge in [0, 0.05) is 19.6 Å². The molecule has 0 radical (unpaired) electrons. The third-order valence-corrected chi connectivity index (χ3v) is 2.64. The Hall–Kier alpha value is -1.39. The Kier molecular flexibility index (Phi) is 3.54. The number of anilines is 2. The second kappa shape index (κ2) is 5.09. The van der Waals surface area contributed by atoms with Gasteiger partial charge in [-0.2, -0.15) is 10.1 Å². The monoisotopic (exact) mass is 221 g/mol. The molecule has 1 saturated heterocycles. The maximum Gasteiger partial charge on any atom is 0.244 e. The van der Waals surface area contributed by atoms with Crippen LogP contribution in [0.5, 0.6) is 0 Å². The van der Waals surface area contributed by atoms with Gasteiger partial charge in [0.05, 0.1) is 6.20 Å². The van der Waals surface area contributed by atoms with Gasteiger partial charge in [-0.3, -0.25) is 0 Å². The standard InChI is InChI=1S/C11H19N5/c1-9(2)7-12-11-14-10(8-13-15-11)16-5-3-4-6-16/h8-9H,3-7H2,1-2H3,(H,12,14,15). The van der Waals surface area contributed by atoms with Crippen molar-refractivity contribution in [1.82, 2.24) is 15.2 Å². The lowest BCUT2D eigenvalue weighted by atomic mass is 10.2. The molecule has 0 unspecified atom stereocenters. The number of hydrogen-bond donors (Lipinski definition) is 1. The normalized spacial score (nSPS) is 15.8. The SMILES string of the molecule is CC(C)CNc1nncc(N2CCCC2)n1. The molecule has 1 N–H and O–H groups in total. The van der Waals surface area contributed by atoms with Crippen LogP contribution in [0.1, 0.15) is 26.7 Å². The number of nitrogens with zero attached hydrogens (tertiary/aromatic N) is 4. The highest BCUT2D eigenvalue weighted by molar-refractivity contribution is 5.40. The van der Waals surface area contributed by atoms with Gasteiger partial charge in [-0.1, -0.05) is 13.8 Å². The van der Waals surface area contributed by atoms with Crippen molar-refractivity contribution in [1.29, 1.82) is 0 Å². The Morgan fingerprint density at radius 2 is 2.12 bits per heavy atom. The number of hydrogen-bond acceptors (Lipinski definition) is 5. The minimum absolute atomic E-state index is 0.582. The Morgan fingerprint density at radius 1 is 1.38 bits per heavy atom. The number of aromatic nitrogens is 3. The Bertz CT molecular complexity index is 333. The predicted molar refractivity (Wildman–Crippen MR) is 64.6 cm³/mol. The molecule has 1 aliphatic rings. The molecule has 5 heteroatoms. The molecule has 1 aliphatic heterocycles. The maximum atomic E-state index is 4.47. The van der Waals surface area contributed by atoms with Gasteiger partial charge in [0.25, 0.3) is 0 Å². The van der Waals surface area contributed by atoms with E-state index < -0.39 is 0 Å². The third-order valence-electron chi connectivity index (χ3n) is 2.64. The molecule has 1 aromatic heterocycles. The summed E-state index contributed by atoms with van der Waals surface area (Å²) in [4.78, 5) is 6.73. The van der Waals surface area contributed by atoms with Crippen LogP contribution in [0.25, 0.3) is 0 Å². The number of nitrogens with one attached hydrogen (secondary N) is 1. The van der Waals surface area contributed by atoms with Gasteiger partial charge in [0.2, 0.25) is 5.95 Å². The molecule has 5 nitrogen and oxygen atoms in total. The smallest absolute Gasteiger partial charge is 0.244 e. The fraction of sp³-hybridized carbons (Fsp3) is 0.727. The van der Waals surface area contributed by atoms with Crippen molar-refractivity contribution in [3.8, 4) is 0 Å². The van der Waals surface area contributed by atoms with Gasteiger partial charge in [0.1, 0.15) is 0 Å². The summed E-state index contributed by atoms with van der Waals surface area (Å²) in [6.45, 7) is 7.37. The van der Waals surface area contributed by atoms with Crippen LogP contribution in [0, 0.1) is 5.92 Å². The molecule has 88 valence electrons. The summed E-state index contributed by atoms with van der Waals surface area (Å²) in [6.07, 6.45) is 4.24. The lowest BCUT2D eigenvalue weighted by Gasteiger charge is -2.16. The minimum atomic E-state index is 0.582. The van der Waals surface area contributed by atoms with E-state index >= 15 is 0 Å². The highest BCUT2D eigenvalue weighted by atomic mass is 15.3.